The van der Waals surface area contributed by atoms with Crippen molar-refractivity contribution < 1.29 is 33.0 Å². The lowest BCUT2D eigenvalue weighted by molar-refractivity contribution is -0.143. The van der Waals surface area contributed by atoms with Gasteiger partial charge in [-0.15, -0.1) is 4.83 Å². The van der Waals surface area contributed by atoms with E-state index in [4.69, 9.17) is 0 Å². The highest BCUT2D eigenvalue weighted by Crippen LogP contribution is 2.36. The van der Waals surface area contributed by atoms with E-state index in [0.29, 0.717) is 51.6 Å². The van der Waals surface area contributed by atoms with Gasteiger partial charge in [-0.2, -0.15) is 0 Å². The van der Waals surface area contributed by atoms with Gasteiger partial charge < -0.3 is 25.3 Å². The Balaban J connectivity index is 2.26. The lowest BCUT2D eigenvalue weighted by atomic mass is 9.73. The fourth-order valence-corrected chi connectivity index (χ4v) is 8.44. The number of carbonyl (C=O) groups is 3. The van der Waals surface area contributed by atoms with E-state index in [1.54, 1.807) is 21.1 Å². The van der Waals surface area contributed by atoms with Crippen LogP contribution in [-0.4, -0.2) is 116 Å². The van der Waals surface area contributed by atoms with Gasteiger partial charge in [-0.3, -0.25) is 14.4 Å². The number of hydrazine groups is 1. The van der Waals surface area contributed by atoms with Crippen molar-refractivity contribution in [2.75, 3.05) is 46.5 Å². The normalized spacial score (nSPS) is 25.5. The van der Waals surface area contributed by atoms with Crippen molar-refractivity contribution in [1.29, 1.82) is 0 Å². The summed E-state index contributed by atoms with van der Waals surface area (Å²) in [5.74, 6) is -1.87. The maximum atomic E-state index is 13.9. The number of nitrogens with one attached hydrogen (secondary N) is 2. The maximum absolute atomic E-state index is 13.9. The Morgan fingerprint density at radius 1 is 0.867 bits per heavy atom. The minimum absolute atomic E-state index is 0.0135. The van der Waals surface area contributed by atoms with Crippen molar-refractivity contribution in [1.82, 2.24) is 25.0 Å². The predicted molar refractivity (Wildman–Crippen MR) is 175 cm³/mol. The van der Waals surface area contributed by atoms with Crippen LogP contribution in [0.5, 0.6) is 0 Å². The third-order valence-electron chi connectivity index (χ3n) is 9.02. The molecule has 0 radical (unpaired) electrons. The number of hydrogen-bond acceptors (Lipinski definition) is 8. The molecular formula is C32H61N5O7S. The molecule has 12 nitrogen and oxygen atoms in total. The Hall–Kier alpha value is -1.80. The monoisotopic (exact) mass is 659 g/mol. The van der Waals surface area contributed by atoms with E-state index in [9.17, 15) is 33.0 Å². The molecule has 2 aliphatic rings. The number of aliphatic hydroxyl groups is 2. The third kappa shape index (κ3) is 13.1. The average molecular weight is 660 g/mol. The van der Waals surface area contributed by atoms with Gasteiger partial charge in [0.1, 0.15) is 0 Å². The largest absolute Gasteiger partial charge is 0.393 e. The van der Waals surface area contributed by atoms with Gasteiger partial charge in [0.05, 0.1) is 24.0 Å². The standard InChI is InChI=1S/C32H61N5O7S/c1-8-14-37(15-9-2)32(42)26-18-24(17-25(19-26)31(41)35(5)6)30(40)33-28(16-23-10-12-27(38)13-11-23)29(39)20-36(7)34-45(43,44)21-22(3)4/h22-29,34,38-39H,8-21H2,1-7H3,(H,33,40). The second-order valence-corrected chi connectivity index (χ2v) is 15.8. The van der Waals surface area contributed by atoms with Crippen molar-refractivity contribution in [3.63, 3.8) is 0 Å². The molecular weight excluding hydrogens is 598 g/mol. The molecule has 5 unspecified atom stereocenters. The molecule has 4 N–H and O–H groups in total. The topological polar surface area (TPSA) is 160 Å². The molecule has 13 heteroatoms. The number of sulfonamides is 1. The average Bonchev–Trinajstić information content (AvgIpc) is 2.95. The lowest BCUT2D eigenvalue weighted by Gasteiger charge is -2.38. The Morgan fingerprint density at radius 3 is 1.91 bits per heavy atom. The van der Waals surface area contributed by atoms with Crippen LogP contribution in [0, 0.1) is 29.6 Å². The number of nitrogens with zero attached hydrogens (tertiary/aromatic N) is 3. The fraction of sp³-hybridized carbons (Fsp3) is 0.906. The quantitative estimate of drug-likeness (QED) is 0.173. The summed E-state index contributed by atoms with van der Waals surface area (Å²) in [5.41, 5.74) is 0. The summed E-state index contributed by atoms with van der Waals surface area (Å²) >= 11 is 0. The number of likely N-dealkylation sites (N-methyl/N-ethyl adjacent to an activating group) is 1. The first kappa shape index (κ1) is 39.4. The second kappa shape index (κ2) is 18.5. The summed E-state index contributed by atoms with van der Waals surface area (Å²) in [7, 11) is 1.31. The van der Waals surface area contributed by atoms with Crippen LogP contribution in [0.4, 0.5) is 0 Å². The van der Waals surface area contributed by atoms with Gasteiger partial charge in [0.25, 0.3) is 0 Å². The fourth-order valence-electron chi connectivity index (χ4n) is 6.94. The van der Waals surface area contributed by atoms with E-state index in [1.807, 2.05) is 32.6 Å². The molecule has 2 aliphatic carbocycles. The van der Waals surface area contributed by atoms with Crippen molar-refractivity contribution in [2.45, 2.75) is 110 Å². The highest BCUT2D eigenvalue weighted by molar-refractivity contribution is 7.89. The van der Waals surface area contributed by atoms with Gasteiger partial charge in [-0.05, 0) is 76.0 Å². The molecule has 45 heavy (non-hydrogen) atoms. The molecule has 0 aromatic carbocycles. The maximum Gasteiger partial charge on any atom is 0.225 e. The Morgan fingerprint density at radius 2 is 1.40 bits per heavy atom. The summed E-state index contributed by atoms with van der Waals surface area (Å²) in [6.45, 7) is 8.88. The Labute approximate surface area is 271 Å². The molecule has 2 fully saturated rings. The highest BCUT2D eigenvalue weighted by Gasteiger charge is 2.41. The van der Waals surface area contributed by atoms with Gasteiger partial charge >= 0.3 is 0 Å². The summed E-state index contributed by atoms with van der Waals surface area (Å²) in [4.78, 5) is 46.6. The summed E-state index contributed by atoms with van der Waals surface area (Å²) in [5, 5.41) is 25.8. The number of carbonyl (C=O) groups excluding carboxylic acids is 3. The number of rotatable bonds is 17. The van der Waals surface area contributed by atoms with Gasteiger partial charge in [0.15, 0.2) is 0 Å². The molecule has 262 valence electrons. The molecule has 0 saturated heterocycles. The van der Waals surface area contributed by atoms with Crippen LogP contribution in [0.15, 0.2) is 0 Å². The molecule has 3 amide bonds. The summed E-state index contributed by atoms with van der Waals surface area (Å²) in [6.07, 6.45) is 4.59. The Kier molecular flexibility index (Phi) is 16.2. The zero-order valence-electron chi connectivity index (χ0n) is 28.7. The van der Waals surface area contributed by atoms with Gasteiger partial charge in [0.2, 0.25) is 27.7 Å². The highest BCUT2D eigenvalue weighted by atomic mass is 32.2. The molecule has 0 aromatic rings. The Bertz CT molecular complexity index is 1040. The molecule has 0 spiro atoms. The van der Waals surface area contributed by atoms with E-state index in [0.717, 1.165) is 25.7 Å². The van der Waals surface area contributed by atoms with E-state index in [-0.39, 0.29) is 48.0 Å². The molecule has 2 saturated carbocycles. The van der Waals surface area contributed by atoms with Gasteiger partial charge in [-0.1, -0.05) is 27.7 Å². The molecule has 0 bridgehead atoms. The van der Waals surface area contributed by atoms with Crippen molar-refractivity contribution in [3.8, 4) is 0 Å². The second-order valence-electron chi connectivity index (χ2n) is 14.1. The molecule has 0 aromatic heterocycles. The van der Waals surface area contributed by atoms with Crippen LogP contribution in [0.2, 0.25) is 0 Å². The smallest absolute Gasteiger partial charge is 0.225 e. The van der Waals surface area contributed by atoms with Crippen LogP contribution < -0.4 is 10.1 Å². The lowest BCUT2D eigenvalue weighted by Crippen LogP contribution is -2.54. The third-order valence-corrected chi connectivity index (χ3v) is 10.7. The first-order chi connectivity index (χ1) is 21.1. The number of aliphatic hydroxyl groups excluding tert-OH is 2. The SMILES string of the molecule is CCCN(CCC)C(=O)C1CC(C(=O)NC(CC2CCC(O)CC2)C(O)CN(C)NS(=O)(=O)CC(C)C)CC(C(=O)N(C)C)C1. The van der Waals surface area contributed by atoms with Gasteiger partial charge in [0, 0.05) is 58.5 Å². The van der Waals surface area contributed by atoms with Crippen LogP contribution in [0.25, 0.3) is 0 Å². The number of amides is 3. The van der Waals surface area contributed by atoms with E-state index < -0.39 is 39.9 Å². The van der Waals surface area contributed by atoms with Crippen LogP contribution >= 0.6 is 0 Å². The molecule has 2 rings (SSSR count). The molecule has 5 atom stereocenters. The molecule has 0 aliphatic heterocycles. The van der Waals surface area contributed by atoms with E-state index in [2.05, 4.69) is 10.1 Å². The first-order valence-corrected chi connectivity index (χ1v) is 18.6. The van der Waals surface area contributed by atoms with Crippen LogP contribution in [0.3, 0.4) is 0 Å². The zero-order valence-corrected chi connectivity index (χ0v) is 29.5. The number of hydrogen-bond donors (Lipinski definition) is 4. The minimum Gasteiger partial charge on any atom is -0.393 e. The van der Waals surface area contributed by atoms with Crippen LogP contribution in [0.1, 0.15) is 91.9 Å². The first-order valence-electron chi connectivity index (χ1n) is 16.9. The predicted octanol–water partition coefficient (Wildman–Crippen LogP) is 1.96. The summed E-state index contributed by atoms with van der Waals surface area (Å²) in [6, 6.07) is -0.675. The van der Waals surface area contributed by atoms with Crippen molar-refractivity contribution in [2.24, 2.45) is 29.6 Å². The molecule has 0 heterocycles. The zero-order chi connectivity index (χ0) is 33.9. The van der Waals surface area contributed by atoms with Crippen LogP contribution in [-0.2, 0) is 24.4 Å². The minimum atomic E-state index is -3.60. The van der Waals surface area contributed by atoms with E-state index in [1.165, 1.54) is 9.91 Å². The summed E-state index contributed by atoms with van der Waals surface area (Å²) < 4.78 is 25.0. The van der Waals surface area contributed by atoms with Gasteiger partial charge in [-0.25, -0.2) is 13.4 Å². The van der Waals surface area contributed by atoms with E-state index >= 15 is 0 Å². The van der Waals surface area contributed by atoms with Crippen molar-refractivity contribution >= 4 is 27.7 Å². The van der Waals surface area contributed by atoms with Crippen molar-refractivity contribution in [3.05, 3.63) is 0 Å².